The molecule has 0 spiro atoms. The minimum Gasteiger partial charge on any atom is -0.325 e. The van der Waals surface area contributed by atoms with Crippen molar-refractivity contribution in [1.29, 1.82) is 0 Å². The highest BCUT2D eigenvalue weighted by molar-refractivity contribution is 8.00. The summed E-state index contributed by atoms with van der Waals surface area (Å²) >= 11 is 1.17. The second kappa shape index (κ2) is 10.2. The van der Waals surface area contributed by atoms with E-state index in [2.05, 4.69) is 15.5 Å². The molecule has 9 heteroatoms. The minimum absolute atomic E-state index is 0.0854. The summed E-state index contributed by atoms with van der Waals surface area (Å²) in [5.74, 6) is -0.314. The molecular weight excluding hydrogens is 450 g/mol. The van der Waals surface area contributed by atoms with Crippen LogP contribution in [0.5, 0.6) is 0 Å². The molecule has 170 valence electrons. The lowest BCUT2D eigenvalue weighted by Crippen LogP contribution is -2.23. The molecular formula is C25H21N5O3S. The van der Waals surface area contributed by atoms with E-state index < -0.39 is 10.2 Å². The Balaban J connectivity index is 1.59. The summed E-state index contributed by atoms with van der Waals surface area (Å²) in [6.45, 7) is 3.50. The van der Waals surface area contributed by atoms with Gasteiger partial charge in [0.1, 0.15) is 11.4 Å². The number of non-ortho nitro benzene ring substituents is 1. The standard InChI is InChI=1S/C25H21N5O3S/c1-16-13-14-20(30(32)33)15-21(16)26-24(31)17(2)34-25-27-22(18-9-5-3-6-10-18)23(28-29-25)19-11-7-4-8-12-19/h3-15,17H,1-2H3,(H,26,31). The third-order valence-corrected chi connectivity index (χ3v) is 6.05. The van der Waals surface area contributed by atoms with Crippen molar-refractivity contribution in [2.75, 3.05) is 5.32 Å². The number of aryl methyl sites for hydroxylation is 1. The van der Waals surface area contributed by atoms with Crippen molar-refractivity contribution in [3.63, 3.8) is 0 Å². The van der Waals surface area contributed by atoms with Gasteiger partial charge in [-0.15, -0.1) is 10.2 Å². The van der Waals surface area contributed by atoms with Crippen LogP contribution in [-0.4, -0.2) is 31.3 Å². The average molecular weight is 472 g/mol. The van der Waals surface area contributed by atoms with E-state index in [1.807, 2.05) is 60.7 Å². The van der Waals surface area contributed by atoms with Crippen molar-refractivity contribution in [2.45, 2.75) is 24.3 Å². The fourth-order valence-electron chi connectivity index (χ4n) is 3.25. The number of thioether (sulfide) groups is 1. The summed E-state index contributed by atoms with van der Waals surface area (Å²) in [7, 11) is 0. The van der Waals surface area contributed by atoms with Crippen LogP contribution in [0.4, 0.5) is 11.4 Å². The number of nitrogens with one attached hydrogen (secondary N) is 1. The van der Waals surface area contributed by atoms with Crippen LogP contribution in [0.3, 0.4) is 0 Å². The number of aromatic nitrogens is 3. The van der Waals surface area contributed by atoms with E-state index >= 15 is 0 Å². The molecule has 3 aromatic carbocycles. The monoisotopic (exact) mass is 471 g/mol. The minimum atomic E-state index is -0.563. The Hall–Kier alpha value is -4.11. The van der Waals surface area contributed by atoms with Gasteiger partial charge in [0.2, 0.25) is 11.1 Å². The number of hydrogen-bond donors (Lipinski definition) is 1. The number of nitrogens with zero attached hydrogens (tertiary/aromatic N) is 4. The number of carbonyl (C=O) groups is 1. The predicted octanol–water partition coefficient (Wildman–Crippen LogP) is 5.54. The van der Waals surface area contributed by atoms with E-state index in [1.165, 1.54) is 23.9 Å². The first-order valence-corrected chi connectivity index (χ1v) is 11.4. The fraction of sp³-hybridized carbons (Fsp3) is 0.120. The van der Waals surface area contributed by atoms with Crippen molar-refractivity contribution in [1.82, 2.24) is 15.2 Å². The second-order valence-corrected chi connectivity index (χ2v) is 8.84. The molecule has 1 amide bonds. The average Bonchev–Trinajstić information content (AvgIpc) is 2.86. The number of carbonyl (C=O) groups excluding carboxylic acids is 1. The molecule has 0 saturated carbocycles. The van der Waals surface area contributed by atoms with Gasteiger partial charge in [0.15, 0.2) is 0 Å². The van der Waals surface area contributed by atoms with Crippen molar-refractivity contribution in [2.24, 2.45) is 0 Å². The third kappa shape index (κ3) is 5.26. The van der Waals surface area contributed by atoms with Crippen LogP contribution in [0.15, 0.2) is 84.0 Å². The van der Waals surface area contributed by atoms with Gasteiger partial charge in [-0.2, -0.15) is 0 Å². The number of nitro groups is 1. The van der Waals surface area contributed by atoms with Crippen molar-refractivity contribution < 1.29 is 9.72 Å². The molecule has 0 saturated heterocycles. The first-order chi connectivity index (χ1) is 16.4. The molecule has 0 aliphatic heterocycles. The zero-order valence-corrected chi connectivity index (χ0v) is 19.3. The number of nitro benzene ring substituents is 1. The first kappa shape index (κ1) is 23.1. The normalized spacial score (nSPS) is 11.6. The largest absolute Gasteiger partial charge is 0.325 e. The lowest BCUT2D eigenvalue weighted by Gasteiger charge is -2.14. The first-order valence-electron chi connectivity index (χ1n) is 10.5. The van der Waals surface area contributed by atoms with Crippen LogP contribution in [0.2, 0.25) is 0 Å². The maximum Gasteiger partial charge on any atom is 0.271 e. The van der Waals surface area contributed by atoms with Crippen molar-refractivity contribution in [3.05, 3.63) is 94.5 Å². The molecule has 0 radical (unpaired) electrons. The summed E-state index contributed by atoms with van der Waals surface area (Å²) < 4.78 is 0. The van der Waals surface area contributed by atoms with Crippen molar-refractivity contribution in [3.8, 4) is 22.5 Å². The topological polar surface area (TPSA) is 111 Å². The van der Waals surface area contributed by atoms with Crippen LogP contribution in [0.1, 0.15) is 12.5 Å². The fourth-order valence-corrected chi connectivity index (χ4v) is 3.97. The van der Waals surface area contributed by atoms with Gasteiger partial charge in [-0.1, -0.05) is 78.5 Å². The van der Waals surface area contributed by atoms with Crippen LogP contribution >= 0.6 is 11.8 Å². The highest BCUT2D eigenvalue weighted by Crippen LogP contribution is 2.31. The maximum absolute atomic E-state index is 12.8. The summed E-state index contributed by atoms with van der Waals surface area (Å²) in [4.78, 5) is 28.1. The van der Waals surface area contributed by atoms with Gasteiger partial charge >= 0.3 is 0 Å². The van der Waals surface area contributed by atoms with E-state index in [0.29, 0.717) is 22.2 Å². The zero-order valence-electron chi connectivity index (χ0n) is 18.5. The van der Waals surface area contributed by atoms with Gasteiger partial charge in [0.05, 0.1) is 15.9 Å². The van der Waals surface area contributed by atoms with Crippen LogP contribution in [0, 0.1) is 17.0 Å². The Morgan fingerprint density at radius 1 is 0.941 bits per heavy atom. The number of benzene rings is 3. The molecule has 1 unspecified atom stereocenters. The van der Waals surface area contributed by atoms with Gasteiger partial charge in [-0.05, 0) is 19.4 Å². The van der Waals surface area contributed by atoms with Crippen LogP contribution < -0.4 is 5.32 Å². The Morgan fingerprint density at radius 3 is 2.18 bits per heavy atom. The van der Waals surface area contributed by atoms with E-state index in [0.717, 1.165) is 16.7 Å². The second-order valence-electron chi connectivity index (χ2n) is 7.53. The maximum atomic E-state index is 12.8. The van der Waals surface area contributed by atoms with E-state index in [4.69, 9.17) is 4.98 Å². The van der Waals surface area contributed by atoms with Crippen LogP contribution in [-0.2, 0) is 4.79 Å². The number of hydrogen-bond acceptors (Lipinski definition) is 7. The summed E-state index contributed by atoms with van der Waals surface area (Å²) in [5.41, 5.74) is 4.15. The van der Waals surface area contributed by atoms with Gasteiger partial charge in [-0.25, -0.2) is 4.98 Å². The molecule has 1 N–H and O–H groups in total. The summed E-state index contributed by atoms with van der Waals surface area (Å²) in [6, 6.07) is 23.7. The molecule has 1 atom stereocenters. The lowest BCUT2D eigenvalue weighted by molar-refractivity contribution is -0.384. The van der Waals surface area contributed by atoms with Gasteiger partial charge in [0.25, 0.3) is 5.69 Å². The highest BCUT2D eigenvalue weighted by atomic mass is 32.2. The van der Waals surface area contributed by atoms with Crippen molar-refractivity contribution >= 4 is 29.0 Å². The Bertz CT molecular complexity index is 1330. The quantitative estimate of drug-likeness (QED) is 0.214. The van der Waals surface area contributed by atoms with E-state index in [-0.39, 0.29) is 11.6 Å². The van der Waals surface area contributed by atoms with Gasteiger partial charge < -0.3 is 5.32 Å². The Kier molecular flexibility index (Phi) is 6.93. The predicted molar refractivity (Wildman–Crippen MR) is 132 cm³/mol. The molecule has 1 heterocycles. The van der Waals surface area contributed by atoms with Crippen LogP contribution in [0.25, 0.3) is 22.5 Å². The molecule has 0 fully saturated rings. The van der Waals surface area contributed by atoms with Gasteiger partial charge in [-0.3, -0.25) is 14.9 Å². The Labute approximate surface area is 200 Å². The zero-order chi connectivity index (χ0) is 24.1. The molecule has 34 heavy (non-hydrogen) atoms. The number of amides is 1. The number of rotatable bonds is 7. The third-order valence-electron chi connectivity index (χ3n) is 5.10. The molecule has 1 aromatic heterocycles. The molecule has 4 rings (SSSR count). The molecule has 0 aliphatic rings. The smallest absolute Gasteiger partial charge is 0.271 e. The summed E-state index contributed by atoms with van der Waals surface area (Å²) in [6.07, 6.45) is 0. The van der Waals surface area contributed by atoms with E-state index in [1.54, 1.807) is 19.9 Å². The molecule has 4 aromatic rings. The highest BCUT2D eigenvalue weighted by Gasteiger charge is 2.20. The summed E-state index contributed by atoms with van der Waals surface area (Å²) in [5, 5.41) is 22.3. The lowest BCUT2D eigenvalue weighted by atomic mass is 10.0. The molecule has 8 nitrogen and oxygen atoms in total. The SMILES string of the molecule is Cc1ccc([N+](=O)[O-])cc1NC(=O)C(C)Sc1nnc(-c2ccccc2)c(-c2ccccc2)n1. The van der Waals surface area contributed by atoms with Gasteiger partial charge in [0, 0.05) is 23.3 Å². The molecule has 0 aliphatic carbocycles. The number of anilines is 1. The van der Waals surface area contributed by atoms with E-state index in [9.17, 15) is 14.9 Å². The Morgan fingerprint density at radius 2 is 1.56 bits per heavy atom. The molecule has 0 bridgehead atoms.